The van der Waals surface area contributed by atoms with Crippen molar-refractivity contribution < 1.29 is 4.79 Å². The second-order valence-electron chi connectivity index (χ2n) is 5.12. The molecular weight excluding hydrogens is 337 g/mol. The fraction of sp³-hybridized carbons (Fsp3) is 0.267. The van der Waals surface area contributed by atoms with E-state index in [-0.39, 0.29) is 11.6 Å². The first kappa shape index (κ1) is 17.5. The Bertz CT molecular complexity index is 676. The van der Waals surface area contributed by atoms with Gasteiger partial charge in [-0.25, -0.2) is 0 Å². The van der Waals surface area contributed by atoms with Crippen molar-refractivity contribution in [3.05, 3.63) is 46.1 Å². The summed E-state index contributed by atoms with van der Waals surface area (Å²) < 4.78 is 0. The first-order valence-electron chi connectivity index (χ1n) is 6.94. The van der Waals surface area contributed by atoms with E-state index in [1.54, 1.807) is 30.3 Å². The van der Waals surface area contributed by atoms with Crippen LogP contribution in [0, 0.1) is 0 Å². The largest absolute Gasteiger partial charge is 0.367 e. The number of carbonyl (C=O) groups excluding carboxylic acids is 1. The lowest BCUT2D eigenvalue weighted by Gasteiger charge is -2.10. The molecule has 6 nitrogen and oxygen atoms in total. The molecule has 0 aliphatic heterocycles. The average Bonchev–Trinajstić information content (AvgIpc) is 2.51. The van der Waals surface area contributed by atoms with Crippen molar-refractivity contribution in [2.75, 3.05) is 37.8 Å². The average molecular weight is 354 g/mol. The van der Waals surface area contributed by atoms with E-state index in [1.807, 2.05) is 14.1 Å². The van der Waals surface area contributed by atoms with E-state index in [9.17, 15) is 4.79 Å². The number of halogens is 2. The van der Waals surface area contributed by atoms with Crippen LogP contribution in [0.2, 0.25) is 10.0 Å². The van der Waals surface area contributed by atoms with Crippen LogP contribution in [0.15, 0.2) is 30.3 Å². The molecule has 0 spiro atoms. The molecule has 1 aromatic carbocycles. The number of likely N-dealkylation sites (N-methyl/N-ethyl adjacent to an activating group) is 1. The van der Waals surface area contributed by atoms with Crippen LogP contribution >= 0.6 is 23.2 Å². The third kappa shape index (κ3) is 5.35. The molecule has 8 heteroatoms. The minimum absolute atomic E-state index is 0.217. The second-order valence-corrected chi connectivity index (χ2v) is 5.93. The van der Waals surface area contributed by atoms with E-state index in [4.69, 9.17) is 23.2 Å². The van der Waals surface area contributed by atoms with Gasteiger partial charge in [-0.2, -0.15) is 0 Å². The maximum absolute atomic E-state index is 12.1. The number of rotatable bonds is 6. The molecule has 2 aromatic rings. The Hall–Kier alpha value is -1.89. The highest BCUT2D eigenvalue weighted by Crippen LogP contribution is 2.25. The van der Waals surface area contributed by atoms with Crippen LogP contribution in [-0.4, -0.2) is 48.2 Å². The van der Waals surface area contributed by atoms with Gasteiger partial charge in [-0.3, -0.25) is 4.79 Å². The van der Waals surface area contributed by atoms with Gasteiger partial charge in [0.15, 0.2) is 5.69 Å². The highest BCUT2D eigenvalue weighted by atomic mass is 35.5. The fourth-order valence-corrected chi connectivity index (χ4v) is 2.02. The summed E-state index contributed by atoms with van der Waals surface area (Å²) in [5, 5.41) is 14.5. The molecule has 1 amide bonds. The predicted octanol–water partition coefficient (Wildman–Crippen LogP) is 3.01. The van der Waals surface area contributed by atoms with E-state index in [2.05, 4.69) is 25.7 Å². The Morgan fingerprint density at radius 1 is 1.13 bits per heavy atom. The van der Waals surface area contributed by atoms with Gasteiger partial charge < -0.3 is 15.5 Å². The first-order chi connectivity index (χ1) is 11.0. The highest BCUT2D eigenvalue weighted by Gasteiger charge is 2.09. The Morgan fingerprint density at radius 2 is 1.91 bits per heavy atom. The molecule has 0 radical (unpaired) electrons. The van der Waals surface area contributed by atoms with E-state index in [0.29, 0.717) is 21.6 Å². The van der Waals surface area contributed by atoms with Crippen molar-refractivity contribution in [3.63, 3.8) is 0 Å². The summed E-state index contributed by atoms with van der Waals surface area (Å²) in [5.41, 5.74) is 0.758. The van der Waals surface area contributed by atoms with Crippen LogP contribution in [-0.2, 0) is 0 Å². The molecule has 2 rings (SSSR count). The summed E-state index contributed by atoms with van der Waals surface area (Å²) in [6.45, 7) is 1.62. The number of carbonyl (C=O) groups is 1. The Labute approximate surface area is 144 Å². The summed E-state index contributed by atoms with van der Waals surface area (Å²) >= 11 is 11.7. The molecule has 0 saturated heterocycles. The van der Waals surface area contributed by atoms with Gasteiger partial charge in [0.25, 0.3) is 5.91 Å². The monoisotopic (exact) mass is 353 g/mol. The zero-order valence-electron chi connectivity index (χ0n) is 12.8. The van der Waals surface area contributed by atoms with Crippen molar-refractivity contribution in [1.29, 1.82) is 0 Å². The highest BCUT2D eigenvalue weighted by molar-refractivity contribution is 6.42. The molecule has 0 aliphatic rings. The van der Waals surface area contributed by atoms with Crippen LogP contribution in [0.4, 0.5) is 11.5 Å². The van der Waals surface area contributed by atoms with Crippen LogP contribution in [0.5, 0.6) is 0 Å². The maximum atomic E-state index is 12.1. The van der Waals surface area contributed by atoms with E-state index >= 15 is 0 Å². The van der Waals surface area contributed by atoms with Gasteiger partial charge in [-0.15, -0.1) is 10.2 Å². The quantitative estimate of drug-likeness (QED) is 0.835. The van der Waals surface area contributed by atoms with Gasteiger partial charge in [0.2, 0.25) is 0 Å². The minimum atomic E-state index is -0.365. The van der Waals surface area contributed by atoms with E-state index < -0.39 is 0 Å². The third-order valence-electron chi connectivity index (χ3n) is 2.94. The Balaban J connectivity index is 1.95. The number of aromatic nitrogens is 2. The van der Waals surface area contributed by atoms with Crippen LogP contribution < -0.4 is 10.6 Å². The summed E-state index contributed by atoms with van der Waals surface area (Å²) in [7, 11) is 3.98. The third-order valence-corrected chi connectivity index (χ3v) is 3.68. The molecule has 0 aliphatic carbocycles. The Morgan fingerprint density at radius 3 is 2.52 bits per heavy atom. The molecule has 122 valence electrons. The van der Waals surface area contributed by atoms with Crippen molar-refractivity contribution in [2.45, 2.75) is 0 Å². The number of nitrogens with zero attached hydrogens (tertiary/aromatic N) is 3. The summed E-state index contributed by atoms with van der Waals surface area (Å²) in [6.07, 6.45) is 0. The predicted molar refractivity (Wildman–Crippen MR) is 93.5 cm³/mol. The van der Waals surface area contributed by atoms with Crippen molar-refractivity contribution in [3.8, 4) is 0 Å². The minimum Gasteiger partial charge on any atom is -0.367 e. The molecule has 1 aromatic heterocycles. The summed E-state index contributed by atoms with van der Waals surface area (Å²) in [4.78, 5) is 14.2. The zero-order valence-corrected chi connectivity index (χ0v) is 14.3. The van der Waals surface area contributed by atoms with Gasteiger partial charge in [0.05, 0.1) is 10.0 Å². The number of nitrogens with one attached hydrogen (secondary N) is 2. The lowest BCUT2D eigenvalue weighted by atomic mass is 10.3. The van der Waals surface area contributed by atoms with Gasteiger partial charge in [-0.1, -0.05) is 23.2 Å². The number of hydrogen-bond acceptors (Lipinski definition) is 5. The topological polar surface area (TPSA) is 70.2 Å². The molecular formula is C15H17Cl2N5O. The maximum Gasteiger partial charge on any atom is 0.276 e. The standard InChI is InChI=1S/C15H17Cl2N5O/c1-22(2)8-7-18-14-6-5-13(20-21-14)15(23)19-10-3-4-11(16)12(17)9-10/h3-6,9H,7-8H2,1-2H3,(H,18,21)(H,19,23). The van der Waals surface area contributed by atoms with Crippen LogP contribution in [0.3, 0.4) is 0 Å². The molecule has 0 unspecified atom stereocenters. The molecule has 1 heterocycles. The zero-order chi connectivity index (χ0) is 16.8. The number of anilines is 2. The van der Waals surface area contributed by atoms with Crippen LogP contribution in [0.25, 0.3) is 0 Å². The van der Waals surface area contributed by atoms with E-state index in [0.717, 1.165) is 13.1 Å². The molecule has 0 atom stereocenters. The van der Waals surface area contributed by atoms with Gasteiger partial charge in [0.1, 0.15) is 5.82 Å². The lowest BCUT2D eigenvalue weighted by Crippen LogP contribution is -2.21. The van der Waals surface area contributed by atoms with Gasteiger partial charge in [0, 0.05) is 18.8 Å². The second kappa shape index (κ2) is 8.10. The van der Waals surface area contributed by atoms with Crippen molar-refractivity contribution >= 4 is 40.6 Å². The van der Waals surface area contributed by atoms with Gasteiger partial charge in [-0.05, 0) is 44.4 Å². The molecule has 0 bridgehead atoms. The number of hydrogen-bond donors (Lipinski definition) is 2. The smallest absolute Gasteiger partial charge is 0.276 e. The normalized spacial score (nSPS) is 10.7. The molecule has 23 heavy (non-hydrogen) atoms. The lowest BCUT2D eigenvalue weighted by molar-refractivity contribution is 0.102. The molecule has 0 saturated carbocycles. The first-order valence-corrected chi connectivity index (χ1v) is 7.70. The molecule has 0 fully saturated rings. The van der Waals surface area contributed by atoms with Crippen molar-refractivity contribution in [2.24, 2.45) is 0 Å². The number of amides is 1. The molecule has 2 N–H and O–H groups in total. The summed E-state index contributed by atoms with van der Waals surface area (Å²) in [6, 6.07) is 8.18. The number of benzene rings is 1. The fourth-order valence-electron chi connectivity index (χ4n) is 1.72. The van der Waals surface area contributed by atoms with Gasteiger partial charge >= 0.3 is 0 Å². The SMILES string of the molecule is CN(C)CCNc1ccc(C(=O)Nc2ccc(Cl)c(Cl)c2)nn1. The van der Waals surface area contributed by atoms with Crippen molar-refractivity contribution in [1.82, 2.24) is 15.1 Å². The summed E-state index contributed by atoms with van der Waals surface area (Å²) in [5.74, 6) is 0.258. The Kier molecular flexibility index (Phi) is 6.15. The van der Waals surface area contributed by atoms with Crippen LogP contribution in [0.1, 0.15) is 10.5 Å². The van der Waals surface area contributed by atoms with E-state index in [1.165, 1.54) is 0 Å².